The summed E-state index contributed by atoms with van der Waals surface area (Å²) in [5, 5.41) is 3.65. The van der Waals surface area contributed by atoms with Gasteiger partial charge in [0, 0.05) is 35.5 Å². The van der Waals surface area contributed by atoms with E-state index in [0.717, 1.165) is 34.2 Å². The average molecular weight is 335 g/mol. The minimum Gasteiger partial charge on any atom is -0.380 e. The Morgan fingerprint density at radius 1 is 1.40 bits per heavy atom. The highest BCUT2D eigenvalue weighted by atomic mass is 79.9. The molecule has 1 aliphatic rings. The number of fused-ring (bicyclic) bond motifs is 1. The Morgan fingerprint density at radius 3 is 3.05 bits per heavy atom. The zero-order chi connectivity index (χ0) is 14.1. The summed E-state index contributed by atoms with van der Waals surface area (Å²) in [6.07, 6.45) is 6.00. The molecule has 3 rings (SSSR count). The van der Waals surface area contributed by atoms with Gasteiger partial charge in [0.1, 0.15) is 5.52 Å². The van der Waals surface area contributed by atoms with Crippen molar-refractivity contribution in [3.8, 4) is 0 Å². The molecule has 0 amide bonds. The van der Waals surface area contributed by atoms with Crippen LogP contribution < -0.4 is 5.32 Å². The third-order valence-corrected chi connectivity index (χ3v) is 4.55. The van der Waals surface area contributed by atoms with Crippen LogP contribution in [0.1, 0.15) is 19.8 Å². The van der Waals surface area contributed by atoms with Crippen molar-refractivity contribution in [3.05, 3.63) is 29.0 Å². The molecule has 3 heterocycles. The van der Waals surface area contributed by atoms with Crippen LogP contribution in [-0.2, 0) is 0 Å². The minimum absolute atomic E-state index is 0.511. The minimum atomic E-state index is 0.511. The molecule has 5 heteroatoms. The van der Waals surface area contributed by atoms with E-state index >= 15 is 0 Å². The van der Waals surface area contributed by atoms with Crippen molar-refractivity contribution in [2.45, 2.75) is 31.8 Å². The molecule has 106 valence electrons. The van der Waals surface area contributed by atoms with E-state index < -0.39 is 0 Å². The molecule has 2 aromatic rings. The Kier molecular flexibility index (Phi) is 3.89. The van der Waals surface area contributed by atoms with Gasteiger partial charge in [-0.05, 0) is 54.9 Å². The summed E-state index contributed by atoms with van der Waals surface area (Å²) in [5.74, 6) is 0. The summed E-state index contributed by atoms with van der Waals surface area (Å²) in [4.78, 5) is 11.3. The number of pyridine rings is 2. The van der Waals surface area contributed by atoms with Gasteiger partial charge >= 0.3 is 0 Å². The number of piperidine rings is 1. The largest absolute Gasteiger partial charge is 0.380 e. The Hall–Kier alpha value is -1.20. The van der Waals surface area contributed by atoms with E-state index in [4.69, 9.17) is 0 Å². The van der Waals surface area contributed by atoms with Crippen LogP contribution in [0.15, 0.2) is 29.0 Å². The SMILES string of the molecule is CC1CC(Nc2ccnc3cc(Br)cnc23)CCN1C. The van der Waals surface area contributed by atoms with Crippen molar-refractivity contribution in [3.63, 3.8) is 0 Å². The van der Waals surface area contributed by atoms with Crippen LogP contribution in [0.5, 0.6) is 0 Å². The van der Waals surface area contributed by atoms with E-state index in [0.29, 0.717) is 12.1 Å². The van der Waals surface area contributed by atoms with Crippen molar-refractivity contribution in [2.24, 2.45) is 0 Å². The fourth-order valence-electron chi connectivity index (χ4n) is 2.76. The molecule has 0 aliphatic carbocycles. The zero-order valence-electron chi connectivity index (χ0n) is 11.8. The van der Waals surface area contributed by atoms with Crippen molar-refractivity contribution < 1.29 is 0 Å². The van der Waals surface area contributed by atoms with Crippen LogP contribution in [0.2, 0.25) is 0 Å². The average Bonchev–Trinajstić information content (AvgIpc) is 2.43. The third kappa shape index (κ3) is 2.79. The van der Waals surface area contributed by atoms with E-state index in [2.05, 4.69) is 50.1 Å². The molecule has 0 radical (unpaired) electrons. The van der Waals surface area contributed by atoms with Crippen molar-refractivity contribution in [2.75, 3.05) is 18.9 Å². The first-order chi connectivity index (χ1) is 9.63. The lowest BCUT2D eigenvalue weighted by Gasteiger charge is -2.35. The van der Waals surface area contributed by atoms with Gasteiger partial charge in [-0.25, -0.2) is 0 Å². The Bertz CT molecular complexity index is 616. The number of likely N-dealkylation sites (tertiary alicyclic amines) is 1. The normalized spacial score (nSPS) is 23.9. The monoisotopic (exact) mass is 334 g/mol. The summed E-state index contributed by atoms with van der Waals surface area (Å²) in [5.41, 5.74) is 2.96. The number of aromatic nitrogens is 2. The molecule has 4 nitrogen and oxygen atoms in total. The van der Waals surface area contributed by atoms with E-state index in [1.165, 1.54) is 6.42 Å². The van der Waals surface area contributed by atoms with Crippen molar-refractivity contribution in [1.82, 2.24) is 14.9 Å². The molecule has 2 aromatic heterocycles. The zero-order valence-corrected chi connectivity index (χ0v) is 13.4. The quantitative estimate of drug-likeness (QED) is 0.914. The van der Waals surface area contributed by atoms with Crippen molar-refractivity contribution in [1.29, 1.82) is 0 Å². The van der Waals surface area contributed by atoms with Gasteiger partial charge in [0.25, 0.3) is 0 Å². The predicted molar refractivity (Wildman–Crippen MR) is 86.0 cm³/mol. The van der Waals surface area contributed by atoms with Crippen LogP contribution in [0.3, 0.4) is 0 Å². The molecule has 0 aromatic carbocycles. The maximum absolute atomic E-state index is 4.50. The molecule has 1 N–H and O–H groups in total. The van der Waals surface area contributed by atoms with E-state index in [-0.39, 0.29) is 0 Å². The molecule has 1 aliphatic heterocycles. The van der Waals surface area contributed by atoms with E-state index in [9.17, 15) is 0 Å². The first-order valence-corrected chi connectivity index (χ1v) is 7.80. The molecule has 2 atom stereocenters. The highest BCUT2D eigenvalue weighted by Crippen LogP contribution is 2.25. The summed E-state index contributed by atoms with van der Waals surface area (Å²) >= 11 is 3.44. The summed E-state index contributed by atoms with van der Waals surface area (Å²) in [7, 11) is 2.20. The maximum atomic E-state index is 4.50. The van der Waals surface area contributed by atoms with Crippen LogP contribution in [0.25, 0.3) is 11.0 Å². The number of halogens is 1. The first-order valence-electron chi connectivity index (χ1n) is 7.00. The number of hydrogen-bond donors (Lipinski definition) is 1. The molecular weight excluding hydrogens is 316 g/mol. The van der Waals surface area contributed by atoms with Crippen LogP contribution >= 0.6 is 15.9 Å². The molecule has 0 spiro atoms. The highest BCUT2D eigenvalue weighted by Gasteiger charge is 2.23. The molecule has 2 unspecified atom stereocenters. The van der Waals surface area contributed by atoms with Gasteiger partial charge in [0.15, 0.2) is 0 Å². The second-order valence-electron chi connectivity index (χ2n) is 5.58. The Balaban J connectivity index is 1.84. The van der Waals surface area contributed by atoms with Gasteiger partial charge in [-0.15, -0.1) is 0 Å². The number of anilines is 1. The summed E-state index contributed by atoms with van der Waals surface area (Å²) in [6.45, 7) is 3.43. The smallest absolute Gasteiger partial charge is 0.112 e. The van der Waals surface area contributed by atoms with Gasteiger partial charge in [-0.2, -0.15) is 0 Å². The molecule has 0 bridgehead atoms. The van der Waals surface area contributed by atoms with E-state index in [1.807, 2.05) is 24.5 Å². The Morgan fingerprint density at radius 2 is 2.25 bits per heavy atom. The molecule has 1 saturated heterocycles. The van der Waals surface area contributed by atoms with Crippen molar-refractivity contribution >= 4 is 32.7 Å². The molecule has 20 heavy (non-hydrogen) atoms. The maximum Gasteiger partial charge on any atom is 0.112 e. The fourth-order valence-corrected chi connectivity index (χ4v) is 3.08. The Labute approximate surface area is 127 Å². The van der Waals surface area contributed by atoms with Gasteiger partial charge in [-0.3, -0.25) is 9.97 Å². The molecule has 0 saturated carbocycles. The van der Waals surface area contributed by atoms with Gasteiger partial charge < -0.3 is 10.2 Å². The van der Waals surface area contributed by atoms with Gasteiger partial charge in [-0.1, -0.05) is 0 Å². The lowest BCUT2D eigenvalue weighted by atomic mass is 9.98. The van der Waals surface area contributed by atoms with Gasteiger partial charge in [0.2, 0.25) is 0 Å². The number of nitrogens with one attached hydrogen (secondary N) is 1. The fraction of sp³-hybridized carbons (Fsp3) is 0.467. The number of nitrogens with zero attached hydrogens (tertiary/aromatic N) is 3. The standard InChI is InChI=1S/C15H19BrN4/c1-10-7-12(4-6-20(10)2)19-13-3-5-17-14-8-11(16)9-18-15(13)14/h3,5,8-10,12H,4,6-7H2,1-2H3,(H,17,19). The topological polar surface area (TPSA) is 41.1 Å². The number of hydrogen-bond acceptors (Lipinski definition) is 4. The lowest BCUT2D eigenvalue weighted by molar-refractivity contribution is 0.190. The second kappa shape index (κ2) is 5.66. The summed E-state index contributed by atoms with van der Waals surface area (Å²) < 4.78 is 0.961. The second-order valence-corrected chi connectivity index (χ2v) is 6.49. The van der Waals surface area contributed by atoms with Crippen LogP contribution in [0, 0.1) is 0 Å². The van der Waals surface area contributed by atoms with E-state index in [1.54, 1.807) is 0 Å². The van der Waals surface area contributed by atoms with Gasteiger partial charge in [0.05, 0.1) is 11.2 Å². The van der Waals surface area contributed by atoms with Crippen LogP contribution in [0.4, 0.5) is 5.69 Å². The molecule has 1 fully saturated rings. The molecular formula is C15H19BrN4. The summed E-state index contributed by atoms with van der Waals surface area (Å²) in [6, 6.07) is 5.16. The lowest BCUT2D eigenvalue weighted by Crippen LogP contribution is -2.42. The third-order valence-electron chi connectivity index (χ3n) is 4.11. The predicted octanol–water partition coefficient (Wildman–Crippen LogP) is 3.29. The van der Waals surface area contributed by atoms with Crippen LogP contribution in [-0.4, -0.2) is 40.5 Å². The number of rotatable bonds is 2. The first kappa shape index (κ1) is 13.8. The highest BCUT2D eigenvalue weighted by molar-refractivity contribution is 9.10.